The van der Waals surface area contributed by atoms with E-state index < -0.39 is 22.7 Å². The maximum atomic E-state index is 13.9. The number of halogens is 3. The molecule has 1 atom stereocenters. The zero-order valence-electron chi connectivity index (χ0n) is 18.0. The number of nitrogens with one attached hydrogen (secondary N) is 1. The summed E-state index contributed by atoms with van der Waals surface area (Å²) >= 11 is 1.29. The van der Waals surface area contributed by atoms with E-state index in [1.807, 2.05) is 18.2 Å². The number of benzene rings is 1. The summed E-state index contributed by atoms with van der Waals surface area (Å²) in [5.74, 6) is 0.331. The molecule has 1 aliphatic rings. The summed E-state index contributed by atoms with van der Waals surface area (Å²) in [4.78, 5) is 12.0. The van der Waals surface area contributed by atoms with Crippen LogP contribution in [0.1, 0.15) is 24.0 Å². The summed E-state index contributed by atoms with van der Waals surface area (Å²) in [6, 6.07) is 11.0. The summed E-state index contributed by atoms with van der Waals surface area (Å²) in [5, 5.41) is 1.43. The average Bonchev–Trinajstić information content (AvgIpc) is 3.32. The number of anilines is 2. The number of piperidine rings is 1. The van der Waals surface area contributed by atoms with Crippen LogP contribution in [0.15, 0.2) is 58.5 Å². The largest absolute Gasteiger partial charge is 0.418 e. The smallest absolute Gasteiger partial charge is 0.370 e. The van der Waals surface area contributed by atoms with Crippen molar-refractivity contribution in [3.05, 3.63) is 64.6 Å². The van der Waals surface area contributed by atoms with E-state index >= 15 is 0 Å². The second-order valence-electron chi connectivity index (χ2n) is 7.89. The number of thiazole rings is 1. The first kappa shape index (κ1) is 23.7. The number of hydrogen-bond acceptors (Lipinski definition) is 6. The van der Waals surface area contributed by atoms with Crippen LogP contribution in [0.5, 0.6) is 0 Å². The van der Waals surface area contributed by atoms with Crippen molar-refractivity contribution in [3.63, 3.8) is 0 Å². The predicted octanol–water partition coefficient (Wildman–Crippen LogP) is 4.79. The second kappa shape index (κ2) is 10.2. The second-order valence-corrected chi connectivity index (χ2v) is 9.76. The van der Waals surface area contributed by atoms with Gasteiger partial charge in [-0.25, -0.2) is 14.2 Å². The number of aromatic nitrogens is 2. The molecular formula is C22H24F3N5OS2. The van der Waals surface area contributed by atoms with Crippen molar-refractivity contribution in [1.29, 1.82) is 0 Å². The number of rotatable bonds is 7. The van der Waals surface area contributed by atoms with E-state index in [0.717, 1.165) is 38.5 Å². The predicted molar refractivity (Wildman–Crippen MR) is 125 cm³/mol. The van der Waals surface area contributed by atoms with Gasteiger partial charge < -0.3 is 4.90 Å². The molecule has 0 spiro atoms. The number of nitrogens with zero attached hydrogens (tertiary/aromatic N) is 4. The fourth-order valence-corrected chi connectivity index (χ4v) is 5.29. The molecule has 0 saturated carbocycles. The van der Waals surface area contributed by atoms with Gasteiger partial charge in [-0.15, -0.1) is 11.3 Å². The normalized spacial score (nSPS) is 16.5. The van der Waals surface area contributed by atoms with Crippen molar-refractivity contribution in [1.82, 2.24) is 14.9 Å². The number of hydrogen-bond donors (Lipinski definition) is 1. The zero-order chi connectivity index (χ0) is 23.4. The van der Waals surface area contributed by atoms with Gasteiger partial charge in [0.1, 0.15) is 10.8 Å². The Labute approximate surface area is 197 Å². The van der Waals surface area contributed by atoms with Crippen molar-refractivity contribution in [2.75, 3.05) is 29.8 Å². The Balaban J connectivity index is 1.46. The lowest BCUT2D eigenvalue weighted by Crippen LogP contribution is -2.43. The quantitative estimate of drug-likeness (QED) is 0.511. The highest BCUT2D eigenvalue weighted by molar-refractivity contribution is 7.86. The lowest BCUT2D eigenvalue weighted by molar-refractivity contribution is -0.137. The van der Waals surface area contributed by atoms with E-state index in [-0.39, 0.29) is 16.8 Å². The Bertz CT molecular complexity index is 1070. The minimum absolute atomic E-state index is 0.00147. The van der Waals surface area contributed by atoms with E-state index in [0.29, 0.717) is 5.82 Å². The molecule has 1 saturated heterocycles. The molecule has 4 rings (SSSR count). The van der Waals surface area contributed by atoms with Gasteiger partial charge in [0.15, 0.2) is 11.0 Å². The van der Waals surface area contributed by atoms with Gasteiger partial charge in [0.05, 0.1) is 23.0 Å². The molecule has 11 heteroatoms. The van der Waals surface area contributed by atoms with Crippen molar-refractivity contribution in [2.45, 2.75) is 36.6 Å². The Hall–Kier alpha value is -2.50. The van der Waals surface area contributed by atoms with E-state index in [2.05, 4.69) is 31.7 Å². The van der Waals surface area contributed by atoms with Crippen molar-refractivity contribution < 1.29 is 17.4 Å². The van der Waals surface area contributed by atoms with Gasteiger partial charge in [0.25, 0.3) is 0 Å². The van der Waals surface area contributed by atoms with Crippen molar-refractivity contribution in [3.8, 4) is 0 Å². The zero-order valence-corrected chi connectivity index (χ0v) is 19.6. The fourth-order valence-electron chi connectivity index (χ4n) is 3.95. The summed E-state index contributed by atoms with van der Waals surface area (Å²) in [6.45, 7) is 2.44. The van der Waals surface area contributed by atoms with Crippen LogP contribution >= 0.6 is 11.3 Å². The van der Waals surface area contributed by atoms with Gasteiger partial charge in [-0.05, 0) is 24.5 Å². The third kappa shape index (κ3) is 5.90. The van der Waals surface area contributed by atoms with Crippen LogP contribution in [-0.2, 0) is 23.7 Å². The highest BCUT2D eigenvalue weighted by atomic mass is 32.2. The third-order valence-electron chi connectivity index (χ3n) is 5.72. The summed E-state index contributed by atoms with van der Waals surface area (Å²) in [5.41, 5.74) is 1.92. The SMILES string of the molecule is CN(c1cnc(S(=O)Nc2cscn2)cc1C(F)(F)F)C1CCN(Cc2ccccc2)CC1. The molecule has 0 radical (unpaired) electrons. The molecule has 33 heavy (non-hydrogen) atoms. The van der Waals surface area contributed by atoms with Gasteiger partial charge in [-0.2, -0.15) is 13.2 Å². The summed E-state index contributed by atoms with van der Waals surface area (Å²) in [7, 11) is -0.276. The molecule has 0 bridgehead atoms. The molecule has 176 valence electrons. The van der Waals surface area contributed by atoms with Crippen LogP contribution in [0.4, 0.5) is 24.7 Å². The van der Waals surface area contributed by atoms with Gasteiger partial charge >= 0.3 is 6.18 Å². The van der Waals surface area contributed by atoms with E-state index in [9.17, 15) is 17.4 Å². The summed E-state index contributed by atoms with van der Waals surface area (Å²) < 4.78 is 56.8. The van der Waals surface area contributed by atoms with Crippen LogP contribution in [0, 0.1) is 0 Å². The Morgan fingerprint density at radius 1 is 1.21 bits per heavy atom. The number of pyridine rings is 1. The van der Waals surface area contributed by atoms with Crippen LogP contribution in [0.25, 0.3) is 0 Å². The molecule has 6 nitrogen and oxygen atoms in total. The molecule has 1 aliphatic heterocycles. The Morgan fingerprint density at radius 2 is 1.94 bits per heavy atom. The molecule has 1 N–H and O–H groups in total. The standard InChI is InChI=1S/C22H24F3N5OS2/c1-29(17-7-9-30(10-8-17)13-16-5-3-2-4-6-16)19-12-26-21(11-18(19)22(23,24)25)33(31)28-20-14-32-15-27-20/h2-6,11-12,14-15,17,28H,7-10,13H2,1H3. The van der Waals surface area contributed by atoms with Gasteiger partial charge in [0.2, 0.25) is 0 Å². The maximum Gasteiger partial charge on any atom is 0.418 e. The van der Waals surface area contributed by atoms with Crippen LogP contribution in [-0.4, -0.2) is 45.3 Å². The first-order chi connectivity index (χ1) is 15.8. The van der Waals surface area contributed by atoms with E-state index in [1.54, 1.807) is 17.3 Å². The lowest BCUT2D eigenvalue weighted by atomic mass is 10.0. The van der Waals surface area contributed by atoms with E-state index in [1.165, 1.54) is 28.6 Å². The van der Waals surface area contributed by atoms with Crippen molar-refractivity contribution in [2.24, 2.45) is 0 Å². The molecule has 1 fully saturated rings. The molecular weight excluding hydrogens is 471 g/mol. The first-order valence-electron chi connectivity index (χ1n) is 10.4. The minimum atomic E-state index is -4.60. The molecule has 1 aromatic carbocycles. The highest BCUT2D eigenvalue weighted by Gasteiger charge is 2.37. The number of alkyl halides is 3. The van der Waals surface area contributed by atoms with Gasteiger partial charge in [-0.1, -0.05) is 30.3 Å². The lowest BCUT2D eigenvalue weighted by Gasteiger charge is -2.38. The molecule has 3 aromatic rings. The highest BCUT2D eigenvalue weighted by Crippen LogP contribution is 2.38. The molecule has 1 unspecified atom stereocenters. The molecule has 0 amide bonds. The molecule has 3 heterocycles. The topological polar surface area (TPSA) is 61.4 Å². The average molecular weight is 496 g/mol. The maximum absolute atomic E-state index is 13.9. The van der Waals surface area contributed by atoms with Gasteiger partial charge in [-0.3, -0.25) is 9.62 Å². The summed E-state index contributed by atoms with van der Waals surface area (Å²) in [6.07, 6.45) is -1.92. The molecule has 2 aromatic heterocycles. The fraction of sp³-hybridized carbons (Fsp3) is 0.364. The Morgan fingerprint density at radius 3 is 2.58 bits per heavy atom. The number of likely N-dealkylation sites (tertiary alicyclic amines) is 1. The molecule has 0 aliphatic carbocycles. The third-order valence-corrected chi connectivity index (χ3v) is 7.30. The monoisotopic (exact) mass is 495 g/mol. The van der Waals surface area contributed by atoms with Crippen LogP contribution in [0.3, 0.4) is 0 Å². The van der Waals surface area contributed by atoms with E-state index in [4.69, 9.17) is 0 Å². The first-order valence-corrected chi connectivity index (χ1v) is 12.5. The van der Waals surface area contributed by atoms with Gasteiger partial charge in [0, 0.05) is 38.1 Å². The minimum Gasteiger partial charge on any atom is -0.370 e. The van der Waals surface area contributed by atoms with Crippen molar-refractivity contribution >= 4 is 33.8 Å². The van der Waals surface area contributed by atoms with Crippen LogP contribution < -0.4 is 9.62 Å². The Kier molecular flexibility index (Phi) is 7.30. The van der Waals surface area contributed by atoms with Crippen LogP contribution in [0.2, 0.25) is 0 Å².